The van der Waals surface area contributed by atoms with E-state index in [4.69, 9.17) is 0 Å². The number of aliphatic hydroxyl groups excluding tert-OH is 1. The van der Waals surface area contributed by atoms with Crippen LogP contribution in [0.3, 0.4) is 0 Å². The predicted molar refractivity (Wildman–Crippen MR) is 93.7 cm³/mol. The molecule has 0 amide bonds. The highest BCUT2D eigenvalue weighted by Crippen LogP contribution is 2.17. The van der Waals surface area contributed by atoms with E-state index in [9.17, 15) is 9.90 Å². The molecule has 0 radical (unpaired) electrons. The van der Waals surface area contributed by atoms with E-state index in [1.54, 1.807) is 18.3 Å². The number of aliphatic hydroxyl groups is 1. The van der Waals surface area contributed by atoms with Gasteiger partial charge in [-0.15, -0.1) is 0 Å². The zero-order chi connectivity index (χ0) is 17.1. The highest BCUT2D eigenvalue weighted by atomic mass is 16.3. The van der Waals surface area contributed by atoms with Crippen LogP contribution in [0.25, 0.3) is 11.0 Å². The van der Waals surface area contributed by atoms with Gasteiger partial charge in [0.15, 0.2) is 5.65 Å². The van der Waals surface area contributed by atoms with Gasteiger partial charge in [0.1, 0.15) is 6.33 Å². The first-order valence-electron chi connectivity index (χ1n) is 8.11. The molecule has 1 N–H and O–H groups in total. The molecule has 0 saturated heterocycles. The van der Waals surface area contributed by atoms with Crippen molar-refractivity contribution < 1.29 is 5.11 Å². The fourth-order valence-electron chi connectivity index (χ4n) is 2.77. The summed E-state index contributed by atoms with van der Waals surface area (Å²) in [5, 5.41) is 10.9. The van der Waals surface area contributed by atoms with Crippen molar-refractivity contribution in [1.82, 2.24) is 14.5 Å². The molecule has 0 aliphatic heterocycles. The lowest BCUT2D eigenvalue weighted by Gasteiger charge is -2.14. The minimum Gasteiger partial charge on any atom is -0.387 e. The normalized spacial score (nSPS) is 12.7. The summed E-state index contributed by atoms with van der Waals surface area (Å²) in [6, 6.07) is 11.3. The summed E-state index contributed by atoms with van der Waals surface area (Å²) in [4.78, 5) is 20.7. The van der Waals surface area contributed by atoms with E-state index in [1.807, 2.05) is 24.3 Å². The molecule has 3 rings (SSSR count). The average Bonchev–Trinajstić information content (AvgIpc) is 2.57. The van der Waals surface area contributed by atoms with Crippen molar-refractivity contribution in [2.24, 2.45) is 5.92 Å². The Bertz CT molecular complexity index is 885. The van der Waals surface area contributed by atoms with Crippen molar-refractivity contribution in [3.8, 4) is 0 Å². The molecule has 2 heterocycles. The van der Waals surface area contributed by atoms with Crippen LogP contribution in [0.15, 0.2) is 53.7 Å². The van der Waals surface area contributed by atoms with Gasteiger partial charge in [0.05, 0.1) is 18.0 Å². The molecule has 0 bridgehead atoms. The third kappa shape index (κ3) is 3.51. The summed E-state index contributed by atoms with van der Waals surface area (Å²) in [7, 11) is 0. The van der Waals surface area contributed by atoms with Crippen molar-refractivity contribution in [2.75, 3.05) is 0 Å². The third-order valence-corrected chi connectivity index (χ3v) is 3.98. The Morgan fingerprint density at radius 3 is 2.58 bits per heavy atom. The first-order chi connectivity index (χ1) is 11.5. The Morgan fingerprint density at radius 1 is 1.12 bits per heavy atom. The summed E-state index contributed by atoms with van der Waals surface area (Å²) in [6.45, 7) is 4.52. The monoisotopic (exact) mass is 323 g/mol. The Kier molecular flexibility index (Phi) is 4.71. The Morgan fingerprint density at radius 2 is 1.88 bits per heavy atom. The second-order valence-corrected chi connectivity index (χ2v) is 6.43. The van der Waals surface area contributed by atoms with Crippen LogP contribution in [0.5, 0.6) is 0 Å². The number of rotatable bonds is 5. The summed E-state index contributed by atoms with van der Waals surface area (Å²) < 4.78 is 1.43. The summed E-state index contributed by atoms with van der Waals surface area (Å²) in [5.74, 6) is 0.594. The standard InChI is InChI=1S/C19H21N3O2/c1-13(2)10-14-5-7-15(8-6-14)17(23)11-22-12-21-18-16(19(22)24)4-3-9-20-18/h3-9,12-13,17,23H,10-11H2,1-2H3/t17-/m1/s1. The molecular formula is C19H21N3O2. The maximum Gasteiger partial charge on any atom is 0.262 e. The Balaban J connectivity index is 1.80. The Labute approximate surface area is 140 Å². The largest absolute Gasteiger partial charge is 0.387 e. The SMILES string of the molecule is CC(C)Cc1ccc([C@H](O)Cn2cnc3ncccc3c2=O)cc1. The second-order valence-electron chi connectivity index (χ2n) is 6.43. The molecule has 3 aromatic rings. The van der Waals surface area contributed by atoms with Crippen LogP contribution in [0.1, 0.15) is 31.1 Å². The lowest BCUT2D eigenvalue weighted by Crippen LogP contribution is -2.24. The van der Waals surface area contributed by atoms with Crippen LogP contribution in [0, 0.1) is 5.92 Å². The van der Waals surface area contributed by atoms with E-state index in [1.165, 1.54) is 16.5 Å². The van der Waals surface area contributed by atoms with Gasteiger partial charge in [-0.2, -0.15) is 0 Å². The van der Waals surface area contributed by atoms with Gasteiger partial charge in [-0.1, -0.05) is 38.1 Å². The molecule has 124 valence electrons. The average molecular weight is 323 g/mol. The molecule has 0 spiro atoms. The number of hydrogen-bond acceptors (Lipinski definition) is 4. The van der Waals surface area contributed by atoms with E-state index in [2.05, 4.69) is 23.8 Å². The fourth-order valence-corrected chi connectivity index (χ4v) is 2.77. The van der Waals surface area contributed by atoms with Crippen LogP contribution in [-0.2, 0) is 13.0 Å². The van der Waals surface area contributed by atoms with Crippen molar-refractivity contribution >= 4 is 11.0 Å². The van der Waals surface area contributed by atoms with Gasteiger partial charge in [-0.3, -0.25) is 9.36 Å². The lowest BCUT2D eigenvalue weighted by molar-refractivity contribution is 0.155. The second kappa shape index (κ2) is 6.93. The van der Waals surface area contributed by atoms with E-state index < -0.39 is 6.10 Å². The van der Waals surface area contributed by atoms with Crippen molar-refractivity contribution in [3.05, 3.63) is 70.4 Å². The van der Waals surface area contributed by atoms with Crippen molar-refractivity contribution in [1.29, 1.82) is 0 Å². The van der Waals surface area contributed by atoms with Crippen LogP contribution in [0.4, 0.5) is 0 Å². The predicted octanol–water partition coefficient (Wildman–Crippen LogP) is 2.72. The number of nitrogens with zero attached hydrogens (tertiary/aromatic N) is 3. The highest BCUT2D eigenvalue weighted by Gasteiger charge is 2.12. The molecule has 0 fully saturated rings. The Hall–Kier alpha value is -2.53. The molecule has 0 saturated carbocycles. The topological polar surface area (TPSA) is 68.0 Å². The summed E-state index contributed by atoms with van der Waals surface area (Å²) >= 11 is 0. The number of pyridine rings is 1. The smallest absolute Gasteiger partial charge is 0.262 e. The van der Waals surface area contributed by atoms with Crippen molar-refractivity contribution in [3.63, 3.8) is 0 Å². The van der Waals surface area contributed by atoms with Crippen LogP contribution < -0.4 is 5.56 Å². The molecule has 0 aliphatic rings. The van der Waals surface area contributed by atoms with E-state index in [0.717, 1.165) is 12.0 Å². The van der Waals surface area contributed by atoms with Crippen LogP contribution in [0.2, 0.25) is 0 Å². The van der Waals surface area contributed by atoms with Gasteiger partial charge in [-0.25, -0.2) is 9.97 Å². The van der Waals surface area contributed by atoms with Crippen molar-refractivity contribution in [2.45, 2.75) is 32.9 Å². The minimum absolute atomic E-state index is 0.167. The molecule has 5 heteroatoms. The van der Waals surface area contributed by atoms with Gasteiger partial charge in [0, 0.05) is 6.20 Å². The highest BCUT2D eigenvalue weighted by molar-refractivity contribution is 5.72. The fraction of sp³-hybridized carbons (Fsp3) is 0.316. The van der Waals surface area contributed by atoms with E-state index in [-0.39, 0.29) is 12.1 Å². The molecule has 2 aromatic heterocycles. The van der Waals surface area contributed by atoms with Gasteiger partial charge in [0.2, 0.25) is 0 Å². The van der Waals surface area contributed by atoms with Crippen LogP contribution in [-0.4, -0.2) is 19.6 Å². The molecule has 1 aromatic carbocycles. The first-order valence-corrected chi connectivity index (χ1v) is 8.11. The number of benzene rings is 1. The molecule has 0 aliphatic carbocycles. The number of hydrogen-bond donors (Lipinski definition) is 1. The van der Waals surface area contributed by atoms with Gasteiger partial charge >= 0.3 is 0 Å². The lowest BCUT2D eigenvalue weighted by atomic mass is 10.0. The van der Waals surface area contributed by atoms with E-state index in [0.29, 0.717) is 17.0 Å². The van der Waals surface area contributed by atoms with Crippen LogP contribution >= 0.6 is 0 Å². The first kappa shape index (κ1) is 16.3. The summed E-state index contributed by atoms with van der Waals surface area (Å²) in [6.07, 6.45) is 3.30. The van der Waals surface area contributed by atoms with Gasteiger partial charge in [-0.05, 0) is 35.6 Å². The molecule has 5 nitrogen and oxygen atoms in total. The summed E-state index contributed by atoms with van der Waals surface area (Å²) in [5.41, 5.74) is 2.27. The molecular weight excluding hydrogens is 302 g/mol. The molecule has 0 unspecified atom stereocenters. The van der Waals surface area contributed by atoms with E-state index >= 15 is 0 Å². The third-order valence-electron chi connectivity index (χ3n) is 3.98. The van der Waals surface area contributed by atoms with Gasteiger partial charge in [0.25, 0.3) is 5.56 Å². The van der Waals surface area contributed by atoms with Gasteiger partial charge < -0.3 is 5.11 Å². The quantitative estimate of drug-likeness (QED) is 0.784. The zero-order valence-corrected chi connectivity index (χ0v) is 13.9. The maximum atomic E-state index is 12.4. The zero-order valence-electron chi connectivity index (χ0n) is 13.9. The molecule has 24 heavy (non-hydrogen) atoms. The molecule has 1 atom stereocenters. The number of fused-ring (bicyclic) bond motifs is 1. The number of aromatic nitrogens is 3. The maximum absolute atomic E-state index is 12.4. The minimum atomic E-state index is -0.758.